The van der Waals surface area contributed by atoms with E-state index in [1.807, 2.05) is 37.3 Å². The van der Waals surface area contributed by atoms with Gasteiger partial charge >= 0.3 is 0 Å². The second-order valence-electron chi connectivity index (χ2n) is 7.40. The molecule has 2 aromatic carbocycles. The number of rotatable bonds is 5. The molecule has 5 nitrogen and oxygen atoms in total. The summed E-state index contributed by atoms with van der Waals surface area (Å²) in [5, 5.41) is 3.38. The van der Waals surface area contributed by atoms with Crippen molar-refractivity contribution < 1.29 is 14.3 Å². The number of amides is 2. The summed E-state index contributed by atoms with van der Waals surface area (Å²) < 4.78 is 5.13. The highest BCUT2D eigenvalue weighted by Gasteiger charge is 2.43. The summed E-state index contributed by atoms with van der Waals surface area (Å²) in [7, 11) is 1.47. The molecule has 0 spiro atoms. The summed E-state index contributed by atoms with van der Waals surface area (Å²) in [6, 6.07) is 12.6. The van der Waals surface area contributed by atoms with E-state index >= 15 is 0 Å². The third-order valence-corrected chi connectivity index (χ3v) is 5.60. The molecule has 29 heavy (non-hydrogen) atoms. The lowest BCUT2D eigenvalue weighted by atomic mass is 10.00. The molecule has 1 aliphatic heterocycles. The number of hydrogen-bond acceptors (Lipinski definition) is 3. The quantitative estimate of drug-likeness (QED) is 0.719. The molecular weight excluding hydrogens is 411 g/mol. The van der Waals surface area contributed by atoms with Gasteiger partial charge in [0.1, 0.15) is 5.54 Å². The van der Waals surface area contributed by atoms with Gasteiger partial charge in [-0.15, -0.1) is 0 Å². The Bertz CT molecular complexity index is 977. The van der Waals surface area contributed by atoms with E-state index in [2.05, 4.69) is 5.32 Å². The van der Waals surface area contributed by atoms with Crippen molar-refractivity contribution >= 4 is 46.3 Å². The standard InChI is InChI=1S/C22H22Cl2N2O3/c1-13-12-26(20(27)18(13)14-8-6-5-7-9-14)22(2,3)21(28)25-15-10-16(23)19(29-4)17(24)11-15/h5-11H,12H2,1-4H3,(H,25,28). The van der Waals surface area contributed by atoms with E-state index in [1.165, 1.54) is 7.11 Å². The van der Waals surface area contributed by atoms with Crippen LogP contribution in [0.25, 0.3) is 5.57 Å². The fraction of sp³-hybridized carbons (Fsp3) is 0.273. The van der Waals surface area contributed by atoms with Crippen molar-refractivity contribution in [3.8, 4) is 5.75 Å². The number of anilines is 1. The molecule has 7 heteroatoms. The van der Waals surface area contributed by atoms with E-state index in [0.717, 1.165) is 11.1 Å². The second-order valence-corrected chi connectivity index (χ2v) is 8.21. The Morgan fingerprint density at radius 2 is 1.72 bits per heavy atom. The minimum Gasteiger partial charge on any atom is -0.494 e. The highest BCUT2D eigenvalue weighted by molar-refractivity contribution is 6.37. The Kier molecular flexibility index (Phi) is 5.92. The smallest absolute Gasteiger partial charge is 0.255 e. The molecule has 1 aliphatic rings. The van der Waals surface area contributed by atoms with Crippen LogP contribution in [0.15, 0.2) is 48.0 Å². The number of nitrogens with one attached hydrogen (secondary N) is 1. The Balaban J connectivity index is 1.83. The monoisotopic (exact) mass is 432 g/mol. The molecule has 1 heterocycles. The molecule has 0 unspecified atom stereocenters. The third-order valence-electron chi connectivity index (χ3n) is 5.03. The lowest BCUT2D eigenvalue weighted by Gasteiger charge is -2.34. The van der Waals surface area contributed by atoms with Crippen molar-refractivity contribution in [2.75, 3.05) is 19.0 Å². The Morgan fingerprint density at radius 3 is 2.28 bits per heavy atom. The molecule has 152 valence electrons. The number of benzene rings is 2. The molecule has 0 saturated heterocycles. The zero-order chi connectivity index (χ0) is 21.3. The van der Waals surface area contributed by atoms with Gasteiger partial charge in [-0.1, -0.05) is 53.5 Å². The van der Waals surface area contributed by atoms with Crippen LogP contribution in [0.1, 0.15) is 26.3 Å². The van der Waals surface area contributed by atoms with Crippen LogP contribution in [0.3, 0.4) is 0 Å². The van der Waals surface area contributed by atoms with Crippen LogP contribution in [0, 0.1) is 0 Å². The predicted molar refractivity (Wildman–Crippen MR) is 116 cm³/mol. The number of methoxy groups -OCH3 is 1. The van der Waals surface area contributed by atoms with Crippen LogP contribution in [0.5, 0.6) is 5.75 Å². The number of nitrogens with zero attached hydrogens (tertiary/aromatic N) is 1. The van der Waals surface area contributed by atoms with Crippen molar-refractivity contribution in [1.82, 2.24) is 4.90 Å². The van der Waals surface area contributed by atoms with E-state index in [-0.39, 0.29) is 21.9 Å². The Labute approximate surface area is 180 Å². The van der Waals surface area contributed by atoms with Crippen LogP contribution in [0.4, 0.5) is 5.69 Å². The second kappa shape index (κ2) is 8.09. The molecule has 2 amide bonds. The van der Waals surface area contributed by atoms with Gasteiger partial charge in [-0.3, -0.25) is 9.59 Å². The van der Waals surface area contributed by atoms with Gasteiger partial charge in [0.15, 0.2) is 5.75 Å². The van der Waals surface area contributed by atoms with E-state index in [9.17, 15) is 9.59 Å². The average molecular weight is 433 g/mol. The van der Waals surface area contributed by atoms with Crippen LogP contribution in [-0.4, -0.2) is 35.9 Å². The van der Waals surface area contributed by atoms with Gasteiger partial charge in [-0.25, -0.2) is 0 Å². The molecule has 2 aromatic rings. The van der Waals surface area contributed by atoms with Gasteiger partial charge in [0.05, 0.1) is 17.2 Å². The van der Waals surface area contributed by atoms with Crippen LogP contribution in [-0.2, 0) is 9.59 Å². The normalized spacial score (nSPS) is 14.4. The molecular formula is C22H22Cl2N2O3. The third kappa shape index (κ3) is 3.98. The number of ether oxygens (including phenoxy) is 1. The molecule has 0 aromatic heterocycles. The van der Waals surface area contributed by atoms with Crippen molar-refractivity contribution in [1.29, 1.82) is 0 Å². The van der Waals surface area contributed by atoms with Gasteiger partial charge in [0, 0.05) is 17.8 Å². The van der Waals surface area contributed by atoms with Gasteiger partial charge in [0.25, 0.3) is 5.91 Å². The topological polar surface area (TPSA) is 58.6 Å². The summed E-state index contributed by atoms with van der Waals surface area (Å²) in [6.07, 6.45) is 0. The minimum absolute atomic E-state index is 0.167. The predicted octanol–water partition coefficient (Wildman–Crippen LogP) is 5.04. The van der Waals surface area contributed by atoms with Gasteiger partial charge in [0.2, 0.25) is 5.91 Å². The molecule has 0 aliphatic carbocycles. The minimum atomic E-state index is -1.09. The molecule has 3 rings (SSSR count). The maximum atomic E-state index is 13.1. The number of halogens is 2. The fourth-order valence-electron chi connectivity index (χ4n) is 3.37. The first-order chi connectivity index (χ1) is 13.7. The largest absolute Gasteiger partial charge is 0.494 e. The highest BCUT2D eigenvalue weighted by Crippen LogP contribution is 2.37. The van der Waals surface area contributed by atoms with Crippen molar-refractivity contribution in [3.63, 3.8) is 0 Å². The molecule has 0 fully saturated rings. The van der Waals surface area contributed by atoms with Crippen LogP contribution < -0.4 is 10.1 Å². The first-order valence-electron chi connectivity index (χ1n) is 9.08. The SMILES string of the molecule is COc1c(Cl)cc(NC(=O)C(C)(C)N2CC(C)=C(c3ccccc3)C2=O)cc1Cl. The lowest BCUT2D eigenvalue weighted by Crippen LogP contribution is -2.53. The van der Waals surface area contributed by atoms with Crippen LogP contribution >= 0.6 is 23.2 Å². The zero-order valence-corrected chi connectivity index (χ0v) is 18.2. The summed E-state index contributed by atoms with van der Waals surface area (Å²) >= 11 is 12.3. The molecule has 0 radical (unpaired) electrons. The first kappa shape index (κ1) is 21.2. The summed E-state index contributed by atoms with van der Waals surface area (Å²) in [5.74, 6) is -0.169. The zero-order valence-electron chi connectivity index (χ0n) is 16.7. The van der Waals surface area contributed by atoms with E-state index < -0.39 is 5.54 Å². The van der Waals surface area contributed by atoms with E-state index in [1.54, 1.807) is 30.9 Å². The summed E-state index contributed by atoms with van der Waals surface area (Å²) in [5.41, 5.74) is 1.76. The molecule has 0 saturated carbocycles. The molecule has 0 atom stereocenters. The first-order valence-corrected chi connectivity index (χ1v) is 9.84. The summed E-state index contributed by atoms with van der Waals surface area (Å²) in [6.45, 7) is 5.73. The van der Waals surface area contributed by atoms with Crippen molar-refractivity contribution in [2.45, 2.75) is 26.3 Å². The van der Waals surface area contributed by atoms with Gasteiger partial charge in [-0.05, 0) is 44.0 Å². The van der Waals surface area contributed by atoms with E-state index in [0.29, 0.717) is 23.6 Å². The maximum Gasteiger partial charge on any atom is 0.255 e. The number of carbonyl (C=O) groups is 2. The maximum absolute atomic E-state index is 13.1. The molecule has 0 bridgehead atoms. The molecule has 1 N–H and O–H groups in total. The Hall–Kier alpha value is -2.50. The van der Waals surface area contributed by atoms with E-state index in [4.69, 9.17) is 27.9 Å². The van der Waals surface area contributed by atoms with Crippen molar-refractivity contribution in [3.05, 3.63) is 63.6 Å². The van der Waals surface area contributed by atoms with Gasteiger partial charge in [-0.2, -0.15) is 0 Å². The summed E-state index contributed by atoms with van der Waals surface area (Å²) in [4.78, 5) is 27.8. The van der Waals surface area contributed by atoms with Gasteiger partial charge < -0.3 is 15.0 Å². The Morgan fingerprint density at radius 1 is 1.14 bits per heavy atom. The number of hydrogen-bond donors (Lipinski definition) is 1. The fourth-order valence-corrected chi connectivity index (χ4v) is 4.01. The van der Waals surface area contributed by atoms with Crippen LogP contribution in [0.2, 0.25) is 10.0 Å². The number of carbonyl (C=O) groups excluding carboxylic acids is 2. The highest BCUT2D eigenvalue weighted by atomic mass is 35.5. The van der Waals surface area contributed by atoms with Crippen molar-refractivity contribution in [2.24, 2.45) is 0 Å². The lowest BCUT2D eigenvalue weighted by molar-refractivity contribution is -0.137. The average Bonchev–Trinajstić information content (AvgIpc) is 2.97.